The predicted octanol–water partition coefficient (Wildman–Crippen LogP) is 4.06. The van der Waals surface area contributed by atoms with Gasteiger partial charge in [-0.1, -0.05) is 69.3 Å². The van der Waals surface area contributed by atoms with E-state index in [4.69, 9.17) is 9.84 Å². The lowest BCUT2D eigenvalue weighted by Gasteiger charge is -2.31. The van der Waals surface area contributed by atoms with E-state index in [-0.39, 0.29) is 18.9 Å². The highest BCUT2D eigenvalue weighted by atomic mass is 16.5. The maximum atomic E-state index is 13.0. The van der Waals surface area contributed by atoms with Gasteiger partial charge in [-0.25, -0.2) is 4.79 Å². The number of carboxylic acid groups (broad SMARTS) is 1. The Bertz CT molecular complexity index is 1040. The minimum absolute atomic E-state index is 0.0737. The van der Waals surface area contributed by atoms with Crippen LogP contribution in [0.2, 0.25) is 0 Å². The van der Waals surface area contributed by atoms with E-state index in [2.05, 4.69) is 22.8 Å². The van der Waals surface area contributed by atoms with E-state index < -0.39 is 35.0 Å². The van der Waals surface area contributed by atoms with Gasteiger partial charge >= 0.3 is 12.1 Å². The standard InChI is InChI=1S/C26H30N2O5/c1-25(2,3)22(23(31)28-26(12-13-26)14-21(29)30)27-24(32)33-15-20-18-10-6-4-8-16(18)17-9-5-7-11-19(17)20/h4-11,20,22H,12-15H2,1-3H3,(H,27,32)(H,28,31)(H,29,30)/t22-/m0/s1. The summed E-state index contributed by atoms with van der Waals surface area (Å²) in [5, 5.41) is 14.7. The lowest BCUT2D eigenvalue weighted by atomic mass is 9.86. The number of aliphatic carboxylic acids is 1. The Morgan fingerprint density at radius 3 is 2.06 bits per heavy atom. The normalized spacial score (nSPS) is 16.8. The molecule has 0 heterocycles. The maximum absolute atomic E-state index is 13.0. The van der Waals surface area contributed by atoms with Crippen molar-refractivity contribution in [1.82, 2.24) is 10.6 Å². The Morgan fingerprint density at radius 2 is 1.58 bits per heavy atom. The first-order chi connectivity index (χ1) is 15.6. The highest BCUT2D eigenvalue weighted by Crippen LogP contribution is 2.44. The summed E-state index contributed by atoms with van der Waals surface area (Å²) in [4.78, 5) is 36.8. The quantitative estimate of drug-likeness (QED) is 0.590. The molecule has 3 N–H and O–H groups in total. The third-order valence-corrected chi connectivity index (χ3v) is 6.47. The van der Waals surface area contributed by atoms with Gasteiger partial charge in [-0.3, -0.25) is 9.59 Å². The zero-order chi connectivity index (χ0) is 23.8. The molecule has 174 valence electrons. The van der Waals surface area contributed by atoms with Gasteiger partial charge in [-0.2, -0.15) is 0 Å². The monoisotopic (exact) mass is 450 g/mol. The second kappa shape index (κ2) is 8.54. The van der Waals surface area contributed by atoms with Crippen LogP contribution in [0.5, 0.6) is 0 Å². The zero-order valence-electron chi connectivity index (χ0n) is 19.2. The summed E-state index contributed by atoms with van der Waals surface area (Å²) in [6.45, 7) is 5.69. The molecule has 0 bridgehead atoms. The highest BCUT2D eigenvalue weighted by molar-refractivity contribution is 5.88. The minimum Gasteiger partial charge on any atom is -0.481 e. The molecule has 0 aromatic heterocycles. The molecule has 2 amide bonds. The average molecular weight is 451 g/mol. The van der Waals surface area contributed by atoms with Gasteiger partial charge in [0.15, 0.2) is 0 Å². The van der Waals surface area contributed by atoms with Crippen molar-refractivity contribution in [3.8, 4) is 11.1 Å². The smallest absolute Gasteiger partial charge is 0.407 e. The Balaban J connectivity index is 1.43. The van der Waals surface area contributed by atoms with Gasteiger partial charge in [0.05, 0.1) is 12.0 Å². The number of fused-ring (bicyclic) bond motifs is 3. The van der Waals surface area contributed by atoms with Crippen LogP contribution in [0.4, 0.5) is 4.79 Å². The molecule has 0 radical (unpaired) electrons. The van der Waals surface area contributed by atoms with Gasteiger partial charge < -0.3 is 20.5 Å². The molecular formula is C26H30N2O5. The van der Waals surface area contributed by atoms with Gasteiger partial charge in [0, 0.05) is 5.92 Å². The van der Waals surface area contributed by atoms with Gasteiger partial charge in [0.1, 0.15) is 12.6 Å². The van der Waals surface area contributed by atoms with Crippen LogP contribution in [0.1, 0.15) is 57.1 Å². The fraction of sp³-hybridized carbons (Fsp3) is 0.423. The summed E-state index contributed by atoms with van der Waals surface area (Å²) in [6.07, 6.45) is 0.440. The van der Waals surface area contributed by atoms with Gasteiger partial charge in [0.2, 0.25) is 5.91 Å². The number of carboxylic acids is 1. The number of nitrogens with one attached hydrogen (secondary N) is 2. The summed E-state index contributed by atoms with van der Waals surface area (Å²) < 4.78 is 5.60. The van der Waals surface area contributed by atoms with Crippen molar-refractivity contribution in [3.05, 3.63) is 59.7 Å². The van der Waals surface area contributed by atoms with Gasteiger partial charge in [-0.15, -0.1) is 0 Å². The van der Waals surface area contributed by atoms with Crippen molar-refractivity contribution >= 4 is 18.0 Å². The van der Waals surface area contributed by atoms with E-state index in [0.717, 1.165) is 22.3 Å². The van der Waals surface area contributed by atoms with Crippen LogP contribution in [0.15, 0.2) is 48.5 Å². The van der Waals surface area contributed by atoms with Crippen molar-refractivity contribution in [2.75, 3.05) is 6.61 Å². The first-order valence-corrected chi connectivity index (χ1v) is 11.2. The molecule has 0 unspecified atom stereocenters. The number of carbonyl (C=O) groups excluding carboxylic acids is 2. The van der Waals surface area contributed by atoms with Gasteiger partial charge in [0.25, 0.3) is 0 Å². The van der Waals surface area contributed by atoms with Crippen LogP contribution in [0.3, 0.4) is 0 Å². The first kappa shape index (κ1) is 22.8. The van der Waals surface area contributed by atoms with Crippen molar-refractivity contribution in [1.29, 1.82) is 0 Å². The molecule has 2 aromatic rings. The van der Waals surface area contributed by atoms with E-state index in [1.54, 1.807) is 0 Å². The third kappa shape index (κ3) is 4.87. The Labute approximate surface area is 193 Å². The molecule has 2 aromatic carbocycles. The number of amides is 2. The molecule has 2 aliphatic carbocycles. The highest BCUT2D eigenvalue weighted by Gasteiger charge is 2.48. The molecule has 0 spiro atoms. The van der Waals surface area contributed by atoms with Crippen LogP contribution >= 0.6 is 0 Å². The van der Waals surface area contributed by atoms with E-state index in [1.165, 1.54) is 0 Å². The van der Waals surface area contributed by atoms with E-state index >= 15 is 0 Å². The maximum Gasteiger partial charge on any atom is 0.407 e. The third-order valence-electron chi connectivity index (χ3n) is 6.47. The fourth-order valence-electron chi connectivity index (χ4n) is 4.55. The second-order valence-corrected chi connectivity index (χ2v) is 10.1. The van der Waals surface area contributed by atoms with E-state index in [0.29, 0.717) is 12.8 Å². The predicted molar refractivity (Wildman–Crippen MR) is 124 cm³/mol. The van der Waals surface area contributed by atoms with Crippen molar-refractivity contribution in [3.63, 3.8) is 0 Å². The number of rotatable bonds is 7. The fourth-order valence-corrected chi connectivity index (χ4v) is 4.55. The van der Waals surface area contributed by atoms with Crippen molar-refractivity contribution < 1.29 is 24.2 Å². The molecule has 1 atom stereocenters. The lowest BCUT2D eigenvalue weighted by molar-refractivity contribution is -0.138. The van der Waals surface area contributed by atoms with Gasteiger partial charge in [-0.05, 0) is 40.5 Å². The van der Waals surface area contributed by atoms with Crippen LogP contribution in [-0.2, 0) is 14.3 Å². The van der Waals surface area contributed by atoms with Crippen LogP contribution in [0.25, 0.3) is 11.1 Å². The average Bonchev–Trinajstić information content (AvgIpc) is 3.41. The van der Waals surface area contributed by atoms with Crippen molar-refractivity contribution in [2.45, 2.75) is 57.5 Å². The summed E-state index contributed by atoms with van der Waals surface area (Å²) in [5.41, 5.74) is 3.20. The van der Waals surface area contributed by atoms with E-state index in [1.807, 2.05) is 57.2 Å². The molecule has 1 saturated carbocycles. The van der Waals surface area contributed by atoms with Crippen molar-refractivity contribution in [2.24, 2.45) is 5.41 Å². The molecule has 0 saturated heterocycles. The number of ether oxygens (including phenoxy) is 1. The SMILES string of the molecule is CC(C)(C)[C@@H](NC(=O)OCC1c2ccccc2-c2ccccc21)C(=O)NC1(CC(=O)O)CC1. The topological polar surface area (TPSA) is 105 Å². The molecule has 0 aliphatic heterocycles. The Morgan fingerprint density at radius 1 is 1.03 bits per heavy atom. The largest absolute Gasteiger partial charge is 0.481 e. The molecule has 1 fully saturated rings. The summed E-state index contributed by atoms with van der Waals surface area (Å²) >= 11 is 0. The second-order valence-electron chi connectivity index (χ2n) is 10.1. The molecule has 7 nitrogen and oxygen atoms in total. The van der Waals surface area contributed by atoms with Crippen LogP contribution < -0.4 is 10.6 Å². The summed E-state index contributed by atoms with van der Waals surface area (Å²) in [7, 11) is 0. The molecule has 33 heavy (non-hydrogen) atoms. The van der Waals surface area contributed by atoms with Crippen LogP contribution in [-0.4, -0.2) is 41.3 Å². The molecule has 4 rings (SSSR count). The summed E-state index contributed by atoms with van der Waals surface area (Å²) in [5.74, 6) is -1.42. The summed E-state index contributed by atoms with van der Waals surface area (Å²) in [6, 6.07) is 15.3. The van der Waals surface area contributed by atoms with E-state index in [9.17, 15) is 14.4 Å². The number of benzene rings is 2. The molecular weight excluding hydrogens is 420 g/mol. The molecule has 7 heteroatoms. The Kier molecular flexibility index (Phi) is 5.91. The number of carbonyl (C=O) groups is 3. The number of alkyl carbamates (subject to hydrolysis) is 1. The van der Waals surface area contributed by atoms with Crippen LogP contribution in [0, 0.1) is 5.41 Å². The lowest BCUT2D eigenvalue weighted by Crippen LogP contribution is -2.56. The Hall–Kier alpha value is -3.35. The minimum atomic E-state index is -0.954. The first-order valence-electron chi connectivity index (χ1n) is 11.2. The zero-order valence-corrected chi connectivity index (χ0v) is 19.2. The number of hydrogen-bond donors (Lipinski definition) is 3. The molecule has 2 aliphatic rings. The number of hydrogen-bond acceptors (Lipinski definition) is 4.